The van der Waals surface area contributed by atoms with Crippen LogP contribution in [0, 0.1) is 5.82 Å². The highest BCUT2D eigenvalue weighted by atomic mass is 19.1. The van der Waals surface area contributed by atoms with Crippen LogP contribution < -0.4 is 10.1 Å². The summed E-state index contributed by atoms with van der Waals surface area (Å²) < 4.78 is 26.3. The number of rotatable bonds is 7. The number of benzene rings is 1. The van der Waals surface area contributed by atoms with Crippen molar-refractivity contribution in [1.29, 1.82) is 0 Å². The van der Waals surface area contributed by atoms with Gasteiger partial charge in [0.25, 0.3) is 5.91 Å². The Labute approximate surface area is 152 Å². The topological polar surface area (TPSA) is 55.7 Å². The van der Waals surface area contributed by atoms with Crippen molar-refractivity contribution in [2.75, 3.05) is 39.5 Å². The highest BCUT2D eigenvalue weighted by molar-refractivity contribution is 5.77. The van der Waals surface area contributed by atoms with Gasteiger partial charge in [-0.15, -0.1) is 0 Å². The van der Waals surface area contributed by atoms with E-state index in [9.17, 15) is 9.18 Å². The Morgan fingerprint density at radius 3 is 2.73 bits per heavy atom. The summed E-state index contributed by atoms with van der Waals surface area (Å²) in [5, 5.41) is 2.90. The third-order valence-corrected chi connectivity index (χ3v) is 4.50. The number of carbonyl (C=O) groups is 1. The Hall–Kier alpha value is -2.38. The van der Waals surface area contributed by atoms with E-state index in [2.05, 4.69) is 20.9 Å². The summed E-state index contributed by atoms with van der Waals surface area (Å²) in [6.45, 7) is 3.24. The first-order valence-corrected chi connectivity index (χ1v) is 8.72. The van der Waals surface area contributed by atoms with Crippen LogP contribution in [-0.2, 0) is 16.6 Å². The number of hydrogen-bond acceptors (Lipinski definition) is 4. The van der Waals surface area contributed by atoms with Gasteiger partial charge in [0, 0.05) is 38.6 Å². The van der Waals surface area contributed by atoms with Crippen molar-refractivity contribution < 1.29 is 18.7 Å². The van der Waals surface area contributed by atoms with Gasteiger partial charge in [-0.05, 0) is 24.3 Å². The molecule has 2 aromatic rings. The Balaban J connectivity index is 1.57. The fourth-order valence-electron chi connectivity index (χ4n) is 3.10. The maximum absolute atomic E-state index is 13.5. The largest absolute Gasteiger partial charge is 0.481 e. The van der Waals surface area contributed by atoms with Gasteiger partial charge in [-0.2, -0.15) is 0 Å². The molecule has 0 saturated carbocycles. The summed E-state index contributed by atoms with van der Waals surface area (Å²) in [5.74, 6) is -0.675. The van der Waals surface area contributed by atoms with Gasteiger partial charge in [-0.1, -0.05) is 12.1 Å². The molecular formula is C19H24FN3O3. The Bertz CT molecular complexity index is 728. The first-order chi connectivity index (χ1) is 12.6. The number of halogens is 1. The standard InChI is InChI=1S/C19H24FN3O3/c1-22-8-4-6-16(22)17(23-9-11-25-12-10-23)13-21-19(24)14-26-18-7-3-2-5-15(18)20/h2-8,17H,9-14H2,1H3,(H,21,24)/t17-/m0/s1. The molecule has 0 aliphatic carbocycles. The molecule has 1 fully saturated rings. The van der Waals surface area contributed by atoms with Crippen LogP contribution in [0.5, 0.6) is 5.75 Å². The Morgan fingerprint density at radius 1 is 1.27 bits per heavy atom. The van der Waals surface area contributed by atoms with Crippen molar-refractivity contribution >= 4 is 5.91 Å². The SMILES string of the molecule is Cn1cccc1[C@H](CNC(=O)COc1ccccc1F)N1CCOCC1. The average molecular weight is 361 g/mol. The number of para-hydroxylation sites is 1. The summed E-state index contributed by atoms with van der Waals surface area (Å²) in [6, 6.07) is 10.2. The van der Waals surface area contributed by atoms with Crippen LogP contribution in [0.2, 0.25) is 0 Å². The molecule has 2 heterocycles. The molecule has 140 valence electrons. The zero-order valence-electron chi connectivity index (χ0n) is 14.9. The second-order valence-corrected chi connectivity index (χ2v) is 6.23. The lowest BCUT2D eigenvalue weighted by molar-refractivity contribution is -0.123. The van der Waals surface area contributed by atoms with Crippen molar-refractivity contribution in [3.05, 3.63) is 54.1 Å². The fourth-order valence-corrected chi connectivity index (χ4v) is 3.10. The molecule has 1 N–H and O–H groups in total. The quantitative estimate of drug-likeness (QED) is 0.816. The van der Waals surface area contributed by atoms with Gasteiger partial charge in [-0.25, -0.2) is 4.39 Å². The number of carbonyl (C=O) groups excluding carboxylic acids is 1. The maximum atomic E-state index is 13.5. The molecular weight excluding hydrogens is 337 g/mol. The first kappa shape index (κ1) is 18.4. The molecule has 6 nitrogen and oxygen atoms in total. The lowest BCUT2D eigenvalue weighted by atomic mass is 10.1. The van der Waals surface area contributed by atoms with E-state index in [1.807, 2.05) is 19.3 Å². The number of aromatic nitrogens is 1. The third-order valence-electron chi connectivity index (χ3n) is 4.50. The molecule has 1 aliphatic heterocycles. The molecule has 0 spiro atoms. The number of nitrogens with one attached hydrogen (secondary N) is 1. The molecule has 0 bridgehead atoms. The predicted molar refractivity (Wildman–Crippen MR) is 95.5 cm³/mol. The van der Waals surface area contributed by atoms with Gasteiger partial charge in [-0.3, -0.25) is 9.69 Å². The number of ether oxygens (including phenoxy) is 2. The number of morpholine rings is 1. The highest BCUT2D eigenvalue weighted by Crippen LogP contribution is 2.21. The molecule has 3 rings (SSSR count). The van der Waals surface area contributed by atoms with E-state index in [4.69, 9.17) is 9.47 Å². The molecule has 1 aliphatic rings. The van der Waals surface area contributed by atoms with Crippen LogP contribution in [0.4, 0.5) is 4.39 Å². The number of aryl methyl sites for hydroxylation is 1. The van der Waals surface area contributed by atoms with Crippen LogP contribution in [0.3, 0.4) is 0 Å². The molecule has 1 atom stereocenters. The van der Waals surface area contributed by atoms with Crippen LogP contribution in [0.1, 0.15) is 11.7 Å². The Morgan fingerprint density at radius 2 is 2.04 bits per heavy atom. The monoisotopic (exact) mass is 361 g/mol. The summed E-state index contributed by atoms with van der Waals surface area (Å²) in [5.41, 5.74) is 1.13. The van der Waals surface area contributed by atoms with Crippen LogP contribution in [0.25, 0.3) is 0 Å². The van der Waals surface area contributed by atoms with Crippen molar-refractivity contribution in [3.63, 3.8) is 0 Å². The lowest BCUT2D eigenvalue weighted by Crippen LogP contribution is -2.45. The second kappa shape index (κ2) is 8.82. The number of nitrogens with zero attached hydrogens (tertiary/aromatic N) is 2. The lowest BCUT2D eigenvalue weighted by Gasteiger charge is -2.34. The van der Waals surface area contributed by atoms with E-state index < -0.39 is 5.82 Å². The molecule has 26 heavy (non-hydrogen) atoms. The van der Waals surface area contributed by atoms with Gasteiger partial charge >= 0.3 is 0 Å². The van der Waals surface area contributed by atoms with Gasteiger partial charge < -0.3 is 19.4 Å². The fraction of sp³-hybridized carbons (Fsp3) is 0.421. The van der Waals surface area contributed by atoms with Gasteiger partial charge in [0.15, 0.2) is 18.2 Å². The normalized spacial score (nSPS) is 16.2. The van der Waals surface area contributed by atoms with Crippen molar-refractivity contribution in [2.45, 2.75) is 6.04 Å². The summed E-state index contributed by atoms with van der Waals surface area (Å²) >= 11 is 0. The third kappa shape index (κ3) is 4.62. The van der Waals surface area contributed by atoms with Crippen LogP contribution >= 0.6 is 0 Å². The van der Waals surface area contributed by atoms with Crippen molar-refractivity contribution in [1.82, 2.24) is 14.8 Å². The van der Waals surface area contributed by atoms with Gasteiger partial charge in [0.1, 0.15) is 0 Å². The summed E-state index contributed by atoms with van der Waals surface area (Å²) in [4.78, 5) is 14.5. The molecule has 1 aromatic heterocycles. The van der Waals surface area contributed by atoms with E-state index in [-0.39, 0.29) is 24.3 Å². The highest BCUT2D eigenvalue weighted by Gasteiger charge is 2.24. The molecule has 0 radical (unpaired) electrons. The predicted octanol–water partition coefficient (Wildman–Crippen LogP) is 1.73. The maximum Gasteiger partial charge on any atom is 0.258 e. The molecule has 0 unspecified atom stereocenters. The van der Waals surface area contributed by atoms with E-state index in [0.717, 1.165) is 18.8 Å². The van der Waals surface area contributed by atoms with Crippen molar-refractivity contribution in [2.24, 2.45) is 7.05 Å². The number of hydrogen-bond donors (Lipinski definition) is 1. The first-order valence-electron chi connectivity index (χ1n) is 8.72. The average Bonchev–Trinajstić information content (AvgIpc) is 3.08. The van der Waals surface area contributed by atoms with Gasteiger partial charge in [0.05, 0.1) is 19.3 Å². The van der Waals surface area contributed by atoms with E-state index in [1.54, 1.807) is 12.1 Å². The molecule has 1 aromatic carbocycles. The van der Waals surface area contributed by atoms with E-state index in [1.165, 1.54) is 12.1 Å². The van der Waals surface area contributed by atoms with E-state index >= 15 is 0 Å². The van der Waals surface area contributed by atoms with Crippen LogP contribution in [0.15, 0.2) is 42.6 Å². The zero-order valence-corrected chi connectivity index (χ0v) is 14.9. The van der Waals surface area contributed by atoms with Gasteiger partial charge in [0.2, 0.25) is 0 Å². The molecule has 1 amide bonds. The second-order valence-electron chi connectivity index (χ2n) is 6.23. The Kier molecular flexibility index (Phi) is 6.25. The van der Waals surface area contributed by atoms with Crippen molar-refractivity contribution in [3.8, 4) is 5.75 Å². The molecule has 7 heteroatoms. The zero-order chi connectivity index (χ0) is 18.4. The summed E-state index contributed by atoms with van der Waals surface area (Å²) in [6.07, 6.45) is 1.99. The minimum absolute atomic E-state index is 0.0521. The van der Waals surface area contributed by atoms with Crippen LogP contribution in [-0.4, -0.2) is 54.8 Å². The molecule has 1 saturated heterocycles. The minimum atomic E-state index is -0.477. The summed E-state index contributed by atoms with van der Waals surface area (Å²) in [7, 11) is 1.99. The smallest absolute Gasteiger partial charge is 0.258 e. The number of amides is 1. The van der Waals surface area contributed by atoms with E-state index in [0.29, 0.717) is 19.8 Å². The minimum Gasteiger partial charge on any atom is -0.481 e.